The van der Waals surface area contributed by atoms with Crippen molar-refractivity contribution in [3.8, 4) is 0 Å². The molecule has 19 heavy (non-hydrogen) atoms. The Labute approximate surface area is 111 Å². The quantitative estimate of drug-likeness (QED) is 0.423. The van der Waals surface area contributed by atoms with Gasteiger partial charge in [0.05, 0.1) is 10.6 Å². The summed E-state index contributed by atoms with van der Waals surface area (Å²) in [5.41, 5.74) is 3.71. The lowest BCUT2D eigenvalue weighted by Crippen LogP contribution is -2.31. The van der Waals surface area contributed by atoms with Crippen LogP contribution in [0.25, 0.3) is 0 Å². The Balaban J connectivity index is 2.06. The summed E-state index contributed by atoms with van der Waals surface area (Å²) in [5.74, 6) is 5.32. The Kier molecular flexibility index (Phi) is 4.18. The molecule has 104 valence electrons. The molecule has 2 rings (SSSR count). The number of hydrazine groups is 1. The summed E-state index contributed by atoms with van der Waals surface area (Å²) in [4.78, 5) is 12.7. The molecule has 0 spiro atoms. The third-order valence-electron chi connectivity index (χ3n) is 3.51. The molecule has 1 aliphatic rings. The highest BCUT2D eigenvalue weighted by atomic mass is 16.6. The second-order valence-electron chi connectivity index (χ2n) is 4.83. The number of likely N-dealkylation sites (N-methyl/N-ethyl adjacent to an activating group) is 1. The van der Waals surface area contributed by atoms with Crippen molar-refractivity contribution in [3.05, 3.63) is 28.3 Å². The van der Waals surface area contributed by atoms with Gasteiger partial charge in [0, 0.05) is 30.4 Å². The van der Waals surface area contributed by atoms with Gasteiger partial charge in [0.2, 0.25) is 0 Å². The van der Waals surface area contributed by atoms with Gasteiger partial charge in [0.1, 0.15) is 0 Å². The molecule has 1 atom stereocenters. The Morgan fingerprint density at radius 1 is 1.47 bits per heavy atom. The van der Waals surface area contributed by atoms with E-state index in [1.807, 2.05) is 0 Å². The second kappa shape index (κ2) is 5.85. The van der Waals surface area contributed by atoms with Crippen molar-refractivity contribution in [3.63, 3.8) is 0 Å². The molecule has 1 unspecified atom stereocenters. The Bertz CT molecular complexity index is 465. The van der Waals surface area contributed by atoms with Gasteiger partial charge < -0.3 is 15.6 Å². The number of nitrogens with two attached hydrogens (primary N) is 1. The lowest BCUT2D eigenvalue weighted by Gasteiger charge is -2.20. The minimum atomic E-state index is -0.423. The predicted octanol–water partition coefficient (Wildman–Crippen LogP) is 1.39. The van der Waals surface area contributed by atoms with Gasteiger partial charge in [-0.15, -0.1) is 0 Å². The number of nitrogens with one attached hydrogen (secondary N) is 2. The van der Waals surface area contributed by atoms with E-state index in [9.17, 15) is 10.1 Å². The molecule has 0 bridgehead atoms. The fourth-order valence-corrected chi connectivity index (χ4v) is 2.37. The maximum atomic E-state index is 10.8. The Hall–Kier alpha value is -1.86. The van der Waals surface area contributed by atoms with Crippen LogP contribution in [0.2, 0.25) is 0 Å². The normalized spacial score (nSPS) is 19.4. The zero-order valence-electron chi connectivity index (χ0n) is 10.9. The van der Waals surface area contributed by atoms with Crippen LogP contribution in [-0.4, -0.2) is 36.0 Å². The van der Waals surface area contributed by atoms with Crippen molar-refractivity contribution in [2.45, 2.75) is 18.9 Å². The highest BCUT2D eigenvalue weighted by molar-refractivity contribution is 5.63. The van der Waals surface area contributed by atoms with Gasteiger partial charge in [-0.05, 0) is 32.5 Å². The van der Waals surface area contributed by atoms with Crippen LogP contribution < -0.4 is 16.6 Å². The number of benzene rings is 1. The average Bonchev–Trinajstić information content (AvgIpc) is 2.81. The van der Waals surface area contributed by atoms with E-state index in [-0.39, 0.29) is 5.69 Å². The summed E-state index contributed by atoms with van der Waals surface area (Å²) in [6, 6.07) is 5.18. The number of rotatable bonds is 5. The minimum absolute atomic E-state index is 0.0257. The third-order valence-corrected chi connectivity index (χ3v) is 3.51. The highest BCUT2D eigenvalue weighted by Crippen LogP contribution is 2.24. The SMILES string of the molecule is CN1CCCC1CNc1cc(NN)cc([N+](=O)[O-])c1. The molecule has 1 heterocycles. The van der Waals surface area contributed by atoms with Crippen LogP contribution in [0, 0.1) is 10.1 Å². The number of nitrogens with zero attached hydrogens (tertiary/aromatic N) is 2. The fraction of sp³-hybridized carbons (Fsp3) is 0.500. The molecule has 1 aromatic rings. The monoisotopic (exact) mass is 265 g/mol. The largest absolute Gasteiger partial charge is 0.383 e. The van der Waals surface area contributed by atoms with E-state index in [4.69, 9.17) is 5.84 Å². The molecule has 7 nitrogen and oxygen atoms in total. The first-order valence-corrected chi connectivity index (χ1v) is 6.30. The summed E-state index contributed by atoms with van der Waals surface area (Å²) < 4.78 is 0. The Morgan fingerprint density at radius 2 is 2.21 bits per heavy atom. The maximum Gasteiger partial charge on any atom is 0.273 e. The van der Waals surface area contributed by atoms with Crippen LogP contribution in [0.5, 0.6) is 0 Å². The summed E-state index contributed by atoms with van der Waals surface area (Å²) in [5, 5.41) is 14.1. The second-order valence-corrected chi connectivity index (χ2v) is 4.83. The first kappa shape index (κ1) is 13.6. The van der Waals surface area contributed by atoms with Gasteiger partial charge in [0.15, 0.2) is 0 Å². The lowest BCUT2D eigenvalue weighted by atomic mass is 10.2. The molecule has 0 aliphatic carbocycles. The number of nitro benzene ring substituents is 1. The number of likely N-dealkylation sites (tertiary alicyclic amines) is 1. The number of hydrogen-bond donors (Lipinski definition) is 3. The van der Waals surface area contributed by atoms with Crippen LogP contribution >= 0.6 is 0 Å². The molecule has 1 aromatic carbocycles. The van der Waals surface area contributed by atoms with Gasteiger partial charge in [-0.2, -0.15) is 0 Å². The van der Waals surface area contributed by atoms with Crippen molar-refractivity contribution < 1.29 is 4.92 Å². The number of nitrogen functional groups attached to an aromatic ring is 1. The molecule has 7 heteroatoms. The molecular weight excluding hydrogens is 246 g/mol. The molecule has 0 radical (unpaired) electrons. The summed E-state index contributed by atoms with van der Waals surface area (Å²) in [6.07, 6.45) is 2.35. The fourth-order valence-electron chi connectivity index (χ4n) is 2.37. The van der Waals surface area contributed by atoms with Crippen LogP contribution in [0.15, 0.2) is 18.2 Å². The number of hydrogen-bond acceptors (Lipinski definition) is 6. The third kappa shape index (κ3) is 3.33. The lowest BCUT2D eigenvalue weighted by molar-refractivity contribution is -0.384. The van der Waals surface area contributed by atoms with Gasteiger partial charge >= 0.3 is 0 Å². The van der Waals surface area contributed by atoms with Crippen molar-refractivity contribution >= 4 is 17.1 Å². The highest BCUT2D eigenvalue weighted by Gasteiger charge is 2.20. The van der Waals surface area contributed by atoms with E-state index in [1.165, 1.54) is 18.6 Å². The summed E-state index contributed by atoms with van der Waals surface area (Å²) in [7, 11) is 2.10. The van der Waals surface area contributed by atoms with Crippen molar-refractivity contribution in [1.82, 2.24) is 4.90 Å². The van der Waals surface area contributed by atoms with Gasteiger partial charge in [-0.25, -0.2) is 0 Å². The number of non-ortho nitro benzene ring substituents is 1. The standard InChI is InChI=1S/C12H19N5O2/c1-16-4-2-3-11(16)8-14-9-5-10(15-13)7-12(6-9)17(18)19/h5-7,11,14-15H,2-4,8,13H2,1H3. The van der Waals surface area contributed by atoms with E-state index < -0.39 is 4.92 Å². The maximum absolute atomic E-state index is 10.8. The van der Waals surface area contributed by atoms with Crippen molar-refractivity contribution in [2.24, 2.45) is 5.84 Å². The van der Waals surface area contributed by atoms with E-state index >= 15 is 0 Å². The van der Waals surface area contributed by atoms with E-state index in [1.54, 1.807) is 6.07 Å². The van der Waals surface area contributed by atoms with Crippen LogP contribution in [0.4, 0.5) is 17.1 Å². The molecule has 0 saturated carbocycles. The van der Waals surface area contributed by atoms with Crippen LogP contribution in [0.3, 0.4) is 0 Å². The van der Waals surface area contributed by atoms with Crippen molar-refractivity contribution in [1.29, 1.82) is 0 Å². The first-order valence-electron chi connectivity index (χ1n) is 6.30. The van der Waals surface area contributed by atoms with E-state index in [2.05, 4.69) is 22.7 Å². The zero-order chi connectivity index (χ0) is 13.8. The molecular formula is C12H19N5O2. The Morgan fingerprint density at radius 3 is 2.79 bits per heavy atom. The molecule has 4 N–H and O–H groups in total. The minimum Gasteiger partial charge on any atom is -0.383 e. The van der Waals surface area contributed by atoms with Crippen LogP contribution in [-0.2, 0) is 0 Å². The topological polar surface area (TPSA) is 96.5 Å². The van der Waals surface area contributed by atoms with E-state index in [0.29, 0.717) is 17.4 Å². The molecule has 1 aliphatic heterocycles. The predicted molar refractivity (Wildman–Crippen MR) is 75.0 cm³/mol. The van der Waals surface area contributed by atoms with E-state index in [0.717, 1.165) is 19.5 Å². The van der Waals surface area contributed by atoms with Gasteiger partial charge in [0.25, 0.3) is 5.69 Å². The molecule has 1 saturated heterocycles. The molecule has 0 amide bonds. The van der Waals surface area contributed by atoms with Gasteiger partial charge in [-0.1, -0.05) is 0 Å². The van der Waals surface area contributed by atoms with Crippen molar-refractivity contribution in [2.75, 3.05) is 30.9 Å². The first-order chi connectivity index (χ1) is 9.10. The smallest absolute Gasteiger partial charge is 0.273 e. The number of anilines is 2. The summed E-state index contributed by atoms with van der Waals surface area (Å²) >= 11 is 0. The van der Waals surface area contributed by atoms with Gasteiger partial charge in [-0.3, -0.25) is 16.0 Å². The zero-order valence-corrected chi connectivity index (χ0v) is 10.9. The number of nitro groups is 1. The summed E-state index contributed by atoms with van der Waals surface area (Å²) in [6.45, 7) is 1.89. The molecule has 0 aromatic heterocycles. The average molecular weight is 265 g/mol. The molecule has 1 fully saturated rings. The van der Waals surface area contributed by atoms with Crippen LogP contribution in [0.1, 0.15) is 12.8 Å².